The monoisotopic (exact) mass is 364 g/mol. The van der Waals surface area contributed by atoms with Crippen LogP contribution in [0.15, 0.2) is 18.2 Å². The van der Waals surface area contributed by atoms with Crippen molar-refractivity contribution in [3.05, 3.63) is 27.3 Å². The van der Waals surface area contributed by atoms with Gasteiger partial charge in [-0.05, 0) is 53.1 Å². The molecule has 0 atom stereocenters. The van der Waals surface area contributed by atoms with Crippen molar-refractivity contribution >= 4 is 34.2 Å². The first kappa shape index (κ1) is 13.9. The Hall–Kier alpha value is -0.170. The number of halogens is 5. The number of benzene rings is 1. The van der Waals surface area contributed by atoms with Crippen LogP contribution in [0.3, 0.4) is 0 Å². The fourth-order valence-corrected chi connectivity index (χ4v) is 2.08. The summed E-state index contributed by atoms with van der Waals surface area (Å²) in [6.07, 6.45) is -3.08. The Morgan fingerprint density at radius 2 is 2.00 bits per heavy atom. The molecule has 0 amide bonds. The van der Waals surface area contributed by atoms with E-state index in [0.29, 0.717) is 5.88 Å². The second-order valence-corrected chi connectivity index (χ2v) is 4.63. The summed E-state index contributed by atoms with van der Waals surface area (Å²) < 4.78 is 40.4. The van der Waals surface area contributed by atoms with Crippen molar-refractivity contribution in [3.8, 4) is 5.75 Å². The zero-order valence-corrected chi connectivity index (χ0v) is 11.1. The molecule has 1 aromatic carbocycles. The summed E-state index contributed by atoms with van der Waals surface area (Å²) in [5.74, 6) is 0.350. The Balaban J connectivity index is 2.74. The lowest BCUT2D eigenvalue weighted by molar-refractivity contribution is -0.274. The van der Waals surface area contributed by atoms with E-state index < -0.39 is 6.36 Å². The van der Waals surface area contributed by atoms with Crippen LogP contribution in [0, 0.1) is 3.57 Å². The largest absolute Gasteiger partial charge is 0.573 e. The number of aryl methyl sites for hydroxylation is 1. The third-order valence-corrected chi connectivity index (χ3v) is 3.11. The van der Waals surface area contributed by atoms with Crippen molar-refractivity contribution in [1.82, 2.24) is 0 Å². The van der Waals surface area contributed by atoms with Gasteiger partial charge in [-0.3, -0.25) is 0 Å². The molecule has 0 unspecified atom stereocenters. The van der Waals surface area contributed by atoms with Gasteiger partial charge in [-0.1, -0.05) is 6.07 Å². The number of hydrogen-bond acceptors (Lipinski definition) is 1. The maximum atomic E-state index is 11.9. The molecule has 0 spiro atoms. The van der Waals surface area contributed by atoms with Gasteiger partial charge < -0.3 is 4.74 Å². The normalized spacial score (nSPS) is 11.6. The van der Waals surface area contributed by atoms with E-state index in [0.717, 1.165) is 22.0 Å². The minimum absolute atomic E-state index is 0.188. The van der Waals surface area contributed by atoms with Gasteiger partial charge in [0.15, 0.2) is 0 Å². The molecule has 6 heteroatoms. The van der Waals surface area contributed by atoms with Gasteiger partial charge in [-0.2, -0.15) is 0 Å². The third kappa shape index (κ3) is 4.78. The third-order valence-electron chi connectivity index (χ3n) is 1.84. The highest BCUT2D eigenvalue weighted by Crippen LogP contribution is 2.26. The molecule has 1 aromatic rings. The smallest absolute Gasteiger partial charge is 0.406 e. The van der Waals surface area contributed by atoms with E-state index in [4.69, 9.17) is 11.6 Å². The molecule has 0 saturated heterocycles. The molecular formula is C10H9ClF3IO. The topological polar surface area (TPSA) is 9.23 Å². The lowest BCUT2D eigenvalue weighted by Gasteiger charge is -2.10. The molecular weight excluding hydrogens is 355 g/mol. The summed E-state index contributed by atoms with van der Waals surface area (Å²) in [7, 11) is 0. The molecule has 0 heterocycles. The Morgan fingerprint density at radius 3 is 2.50 bits per heavy atom. The van der Waals surface area contributed by atoms with Gasteiger partial charge in [0, 0.05) is 9.45 Å². The van der Waals surface area contributed by atoms with E-state index >= 15 is 0 Å². The van der Waals surface area contributed by atoms with Crippen molar-refractivity contribution in [2.75, 3.05) is 5.88 Å². The maximum absolute atomic E-state index is 11.9. The molecule has 1 rings (SSSR count). The minimum Gasteiger partial charge on any atom is -0.406 e. The van der Waals surface area contributed by atoms with Crippen molar-refractivity contribution in [2.45, 2.75) is 19.2 Å². The Morgan fingerprint density at radius 1 is 1.31 bits per heavy atom. The van der Waals surface area contributed by atoms with Gasteiger partial charge >= 0.3 is 6.36 Å². The fraction of sp³-hybridized carbons (Fsp3) is 0.400. The average molecular weight is 365 g/mol. The molecule has 0 saturated carbocycles. The second-order valence-electron chi connectivity index (χ2n) is 3.09. The van der Waals surface area contributed by atoms with E-state index in [1.807, 2.05) is 22.6 Å². The summed E-state index contributed by atoms with van der Waals surface area (Å²) in [4.78, 5) is 0. The highest BCUT2D eigenvalue weighted by molar-refractivity contribution is 14.1. The van der Waals surface area contributed by atoms with Crippen molar-refractivity contribution in [2.24, 2.45) is 0 Å². The van der Waals surface area contributed by atoms with Crippen molar-refractivity contribution in [1.29, 1.82) is 0 Å². The lowest BCUT2D eigenvalue weighted by atomic mass is 10.1. The molecule has 0 aliphatic heterocycles. The second kappa shape index (κ2) is 5.95. The van der Waals surface area contributed by atoms with Gasteiger partial charge in [-0.25, -0.2) is 0 Å². The van der Waals surface area contributed by atoms with Gasteiger partial charge in [0.1, 0.15) is 5.75 Å². The van der Waals surface area contributed by atoms with Crippen LogP contribution in [0.4, 0.5) is 13.2 Å². The summed E-state index contributed by atoms with van der Waals surface area (Å²) in [5, 5.41) is 0. The maximum Gasteiger partial charge on any atom is 0.573 e. The van der Waals surface area contributed by atoms with Gasteiger partial charge in [0.25, 0.3) is 0 Å². The molecule has 0 radical (unpaired) electrons. The molecule has 0 fully saturated rings. The van der Waals surface area contributed by atoms with Crippen LogP contribution >= 0.6 is 34.2 Å². The predicted octanol–water partition coefficient (Wildman–Crippen LogP) is 4.36. The zero-order chi connectivity index (χ0) is 12.2. The van der Waals surface area contributed by atoms with Crippen LogP contribution in [0.1, 0.15) is 12.0 Å². The number of ether oxygens (including phenoxy) is 1. The molecule has 1 nitrogen and oxygen atoms in total. The molecule has 0 N–H and O–H groups in total. The summed E-state index contributed by atoms with van der Waals surface area (Å²) in [6.45, 7) is 0. The van der Waals surface area contributed by atoms with Crippen LogP contribution in [0.25, 0.3) is 0 Å². The van der Waals surface area contributed by atoms with E-state index in [1.165, 1.54) is 12.1 Å². The SMILES string of the molecule is FC(F)(F)Oc1ccc(CCCCl)c(I)c1. The average Bonchev–Trinajstić information content (AvgIpc) is 2.14. The fourth-order valence-electron chi connectivity index (χ4n) is 1.19. The standard InChI is InChI=1S/C10H9ClF3IO/c11-5-1-2-7-3-4-8(6-9(7)15)16-10(12,13)14/h3-4,6H,1-2,5H2. The number of alkyl halides is 4. The minimum atomic E-state index is -4.64. The Bertz CT molecular complexity index is 354. The van der Waals surface area contributed by atoms with Gasteiger partial charge in [0.05, 0.1) is 0 Å². The lowest BCUT2D eigenvalue weighted by Crippen LogP contribution is -2.17. The Kier molecular flexibility index (Phi) is 5.17. The van der Waals surface area contributed by atoms with E-state index in [-0.39, 0.29) is 5.75 Å². The van der Waals surface area contributed by atoms with Gasteiger partial charge in [0.2, 0.25) is 0 Å². The summed E-state index contributed by atoms with van der Waals surface area (Å²) >= 11 is 7.53. The first-order chi connectivity index (χ1) is 7.42. The van der Waals surface area contributed by atoms with Crippen LogP contribution in [-0.4, -0.2) is 12.2 Å². The molecule has 0 bridgehead atoms. The summed E-state index contributed by atoms with van der Waals surface area (Å²) in [5.41, 5.74) is 0.982. The first-order valence-electron chi connectivity index (χ1n) is 4.52. The van der Waals surface area contributed by atoms with Crippen LogP contribution in [0.2, 0.25) is 0 Å². The quantitative estimate of drug-likeness (QED) is 0.570. The van der Waals surface area contributed by atoms with Crippen LogP contribution in [-0.2, 0) is 6.42 Å². The molecule has 0 aliphatic rings. The Labute approximate surface area is 110 Å². The van der Waals surface area contributed by atoms with E-state index in [2.05, 4.69) is 4.74 Å². The van der Waals surface area contributed by atoms with E-state index in [9.17, 15) is 13.2 Å². The molecule has 16 heavy (non-hydrogen) atoms. The number of hydrogen-bond donors (Lipinski definition) is 0. The van der Waals surface area contributed by atoms with Crippen LogP contribution < -0.4 is 4.74 Å². The van der Waals surface area contributed by atoms with Crippen LogP contribution in [0.5, 0.6) is 5.75 Å². The summed E-state index contributed by atoms with van der Waals surface area (Å²) in [6, 6.07) is 4.33. The predicted molar refractivity (Wildman–Crippen MR) is 64.9 cm³/mol. The van der Waals surface area contributed by atoms with Crippen molar-refractivity contribution < 1.29 is 17.9 Å². The highest BCUT2D eigenvalue weighted by Gasteiger charge is 2.31. The first-order valence-corrected chi connectivity index (χ1v) is 6.14. The number of rotatable bonds is 4. The van der Waals surface area contributed by atoms with E-state index in [1.54, 1.807) is 6.07 Å². The van der Waals surface area contributed by atoms with Crippen molar-refractivity contribution in [3.63, 3.8) is 0 Å². The molecule has 90 valence electrons. The molecule has 0 aliphatic carbocycles. The highest BCUT2D eigenvalue weighted by atomic mass is 127. The van der Waals surface area contributed by atoms with Gasteiger partial charge in [-0.15, -0.1) is 24.8 Å². The molecule has 0 aromatic heterocycles. The zero-order valence-electron chi connectivity index (χ0n) is 8.15.